The van der Waals surface area contributed by atoms with Crippen LogP contribution in [0.2, 0.25) is 0 Å². The lowest BCUT2D eigenvalue weighted by Gasteiger charge is -2.25. The summed E-state index contributed by atoms with van der Waals surface area (Å²) in [6, 6.07) is 9.86. The first kappa shape index (κ1) is 17.2. The Labute approximate surface area is 153 Å². The molecule has 1 aliphatic carbocycles. The molecule has 2 fully saturated rings. The Morgan fingerprint density at radius 2 is 2.23 bits per heavy atom. The molecule has 2 aromatic rings. The van der Waals surface area contributed by atoms with E-state index in [1.165, 1.54) is 0 Å². The van der Waals surface area contributed by atoms with Crippen LogP contribution in [0.1, 0.15) is 39.0 Å². The molecule has 1 saturated carbocycles. The van der Waals surface area contributed by atoms with Gasteiger partial charge in [0.25, 0.3) is 5.91 Å². The summed E-state index contributed by atoms with van der Waals surface area (Å²) in [5.74, 6) is 1.74. The van der Waals surface area contributed by atoms with Crippen molar-refractivity contribution in [1.82, 2.24) is 15.0 Å². The van der Waals surface area contributed by atoms with Crippen molar-refractivity contribution in [2.75, 3.05) is 19.7 Å². The number of hydrogen-bond donors (Lipinski definition) is 0. The van der Waals surface area contributed by atoms with Crippen LogP contribution >= 0.6 is 0 Å². The highest BCUT2D eigenvalue weighted by atomic mass is 16.5. The van der Waals surface area contributed by atoms with Crippen molar-refractivity contribution in [3.05, 3.63) is 36.2 Å². The van der Waals surface area contributed by atoms with E-state index in [1.54, 1.807) is 0 Å². The van der Waals surface area contributed by atoms with Crippen LogP contribution in [0.15, 0.2) is 34.9 Å². The number of rotatable bonds is 5. The molecular weight excluding hydrogens is 330 g/mol. The quantitative estimate of drug-likeness (QED) is 0.824. The summed E-state index contributed by atoms with van der Waals surface area (Å²) in [7, 11) is 0. The summed E-state index contributed by atoms with van der Waals surface area (Å²) >= 11 is 0. The Morgan fingerprint density at radius 1 is 1.42 bits per heavy atom. The van der Waals surface area contributed by atoms with Crippen molar-refractivity contribution in [3.8, 4) is 11.4 Å². The zero-order chi connectivity index (χ0) is 18.1. The molecule has 2 aliphatic rings. The van der Waals surface area contributed by atoms with E-state index in [0.717, 1.165) is 31.4 Å². The van der Waals surface area contributed by atoms with Crippen LogP contribution in [-0.4, -0.2) is 46.7 Å². The molecular formula is C20H25N3O3. The molecule has 3 atom stereocenters. The predicted octanol–water partition coefficient (Wildman–Crippen LogP) is 3.04. The SMILES string of the molecule is CCO[C@H](C)C(=O)N1C[C@H]2CCC[C@@]2(c2nc(-c3ccccc3)no2)C1. The average molecular weight is 355 g/mol. The van der Waals surface area contributed by atoms with Gasteiger partial charge in [-0.3, -0.25) is 4.79 Å². The van der Waals surface area contributed by atoms with Crippen molar-refractivity contribution in [1.29, 1.82) is 0 Å². The molecule has 26 heavy (non-hydrogen) atoms. The van der Waals surface area contributed by atoms with Gasteiger partial charge in [-0.15, -0.1) is 0 Å². The maximum atomic E-state index is 12.7. The lowest BCUT2D eigenvalue weighted by atomic mass is 9.80. The number of carbonyl (C=O) groups is 1. The number of likely N-dealkylation sites (tertiary alicyclic amines) is 1. The maximum Gasteiger partial charge on any atom is 0.251 e. The van der Waals surface area contributed by atoms with E-state index >= 15 is 0 Å². The highest BCUT2D eigenvalue weighted by molar-refractivity contribution is 5.81. The summed E-state index contributed by atoms with van der Waals surface area (Å²) in [6.45, 7) is 5.67. The molecule has 138 valence electrons. The standard InChI is InChI=1S/C20H25N3O3/c1-3-25-14(2)18(24)23-12-16-10-7-11-20(16,13-23)19-21-17(22-26-19)15-8-5-4-6-9-15/h4-6,8-9,14,16H,3,7,10-13H2,1-2H3/t14-,16-,20-/m1/s1. The molecule has 0 bridgehead atoms. The third-order valence-electron chi connectivity index (χ3n) is 5.83. The Balaban J connectivity index is 1.59. The Hall–Kier alpha value is -2.21. The van der Waals surface area contributed by atoms with Crippen LogP contribution in [-0.2, 0) is 14.9 Å². The van der Waals surface area contributed by atoms with Gasteiger partial charge in [0.05, 0.1) is 5.41 Å². The Kier molecular flexibility index (Phi) is 4.53. The monoisotopic (exact) mass is 355 g/mol. The second-order valence-corrected chi connectivity index (χ2v) is 7.35. The Bertz CT molecular complexity index is 776. The van der Waals surface area contributed by atoms with Gasteiger partial charge in [0.15, 0.2) is 0 Å². The van der Waals surface area contributed by atoms with Gasteiger partial charge in [0.1, 0.15) is 6.10 Å². The van der Waals surface area contributed by atoms with Gasteiger partial charge in [-0.2, -0.15) is 4.98 Å². The van der Waals surface area contributed by atoms with E-state index in [9.17, 15) is 4.79 Å². The molecule has 2 heterocycles. The van der Waals surface area contributed by atoms with Crippen LogP contribution in [0.25, 0.3) is 11.4 Å². The van der Waals surface area contributed by atoms with Crippen molar-refractivity contribution < 1.29 is 14.1 Å². The van der Waals surface area contributed by atoms with Crippen molar-refractivity contribution in [2.24, 2.45) is 5.92 Å². The molecule has 1 aromatic heterocycles. The van der Waals surface area contributed by atoms with Crippen molar-refractivity contribution in [3.63, 3.8) is 0 Å². The molecule has 0 N–H and O–H groups in total. The molecule has 1 aliphatic heterocycles. The fourth-order valence-corrected chi connectivity index (χ4v) is 4.52. The first-order chi connectivity index (χ1) is 12.6. The number of fused-ring (bicyclic) bond motifs is 1. The molecule has 6 heteroatoms. The van der Waals surface area contributed by atoms with Crippen molar-refractivity contribution in [2.45, 2.75) is 44.6 Å². The zero-order valence-electron chi connectivity index (χ0n) is 15.4. The number of carbonyl (C=O) groups excluding carboxylic acids is 1. The molecule has 1 saturated heterocycles. The predicted molar refractivity (Wildman–Crippen MR) is 96.4 cm³/mol. The first-order valence-electron chi connectivity index (χ1n) is 9.44. The van der Waals surface area contributed by atoms with Crippen LogP contribution in [0, 0.1) is 5.92 Å². The Morgan fingerprint density at radius 3 is 3.00 bits per heavy atom. The van der Waals surface area contributed by atoms with Crippen molar-refractivity contribution >= 4 is 5.91 Å². The first-order valence-corrected chi connectivity index (χ1v) is 9.44. The van der Waals surface area contributed by atoms with E-state index in [2.05, 4.69) is 5.16 Å². The second-order valence-electron chi connectivity index (χ2n) is 7.35. The molecule has 1 amide bonds. The van der Waals surface area contributed by atoms with Gasteiger partial charge in [-0.25, -0.2) is 0 Å². The van der Waals surface area contributed by atoms with Crippen LogP contribution in [0.3, 0.4) is 0 Å². The molecule has 0 unspecified atom stereocenters. The van der Waals surface area contributed by atoms with E-state index in [-0.39, 0.29) is 11.3 Å². The van der Waals surface area contributed by atoms with Gasteiger partial charge < -0.3 is 14.2 Å². The summed E-state index contributed by atoms with van der Waals surface area (Å²) in [5.41, 5.74) is 0.742. The third kappa shape index (κ3) is 2.82. The molecule has 4 rings (SSSR count). The third-order valence-corrected chi connectivity index (χ3v) is 5.83. The molecule has 1 aromatic carbocycles. The maximum absolute atomic E-state index is 12.7. The lowest BCUT2D eigenvalue weighted by Crippen LogP contribution is -2.40. The van der Waals surface area contributed by atoms with E-state index in [0.29, 0.717) is 30.8 Å². The van der Waals surface area contributed by atoms with Crippen LogP contribution in [0.5, 0.6) is 0 Å². The number of nitrogens with zero attached hydrogens (tertiary/aromatic N) is 3. The smallest absolute Gasteiger partial charge is 0.251 e. The number of benzene rings is 1. The number of amides is 1. The zero-order valence-corrected chi connectivity index (χ0v) is 15.4. The topological polar surface area (TPSA) is 68.5 Å². The van der Waals surface area contributed by atoms with E-state index in [4.69, 9.17) is 14.2 Å². The van der Waals surface area contributed by atoms with Gasteiger partial charge >= 0.3 is 0 Å². The van der Waals surface area contributed by atoms with E-state index < -0.39 is 6.10 Å². The fourth-order valence-electron chi connectivity index (χ4n) is 4.52. The molecule has 0 spiro atoms. The second kappa shape index (κ2) is 6.83. The van der Waals surface area contributed by atoms with Crippen LogP contribution < -0.4 is 0 Å². The molecule has 0 radical (unpaired) electrons. The minimum absolute atomic E-state index is 0.0587. The normalized spacial score (nSPS) is 26.1. The largest absolute Gasteiger partial charge is 0.369 e. The highest BCUT2D eigenvalue weighted by Crippen LogP contribution is 2.50. The number of aromatic nitrogens is 2. The summed E-state index contributed by atoms with van der Waals surface area (Å²) in [4.78, 5) is 19.4. The summed E-state index contributed by atoms with van der Waals surface area (Å²) < 4.78 is 11.2. The van der Waals surface area contributed by atoms with Gasteiger partial charge in [0.2, 0.25) is 11.7 Å². The van der Waals surface area contributed by atoms with E-state index in [1.807, 2.05) is 49.1 Å². The number of ether oxygens (including phenoxy) is 1. The molecule has 6 nitrogen and oxygen atoms in total. The van der Waals surface area contributed by atoms with Gasteiger partial charge in [-0.1, -0.05) is 41.9 Å². The van der Waals surface area contributed by atoms with Crippen LogP contribution in [0.4, 0.5) is 0 Å². The fraction of sp³-hybridized carbons (Fsp3) is 0.550. The summed E-state index contributed by atoms with van der Waals surface area (Å²) in [6.07, 6.45) is 2.81. The van der Waals surface area contributed by atoms with Gasteiger partial charge in [-0.05, 0) is 32.6 Å². The highest BCUT2D eigenvalue weighted by Gasteiger charge is 2.55. The lowest BCUT2D eigenvalue weighted by molar-refractivity contribution is -0.141. The summed E-state index contributed by atoms with van der Waals surface area (Å²) in [5, 5.41) is 4.21. The number of hydrogen-bond acceptors (Lipinski definition) is 5. The average Bonchev–Trinajstić information content (AvgIpc) is 3.35. The minimum atomic E-state index is -0.404. The minimum Gasteiger partial charge on any atom is -0.369 e. The van der Waals surface area contributed by atoms with Gasteiger partial charge in [0, 0.05) is 25.3 Å².